The number of nitrogen functional groups attached to an aromatic ring is 1. The van der Waals surface area contributed by atoms with Crippen molar-refractivity contribution in [3.63, 3.8) is 0 Å². The number of phenols is 1. The number of carbonyl (C=O) groups is 1. The van der Waals surface area contributed by atoms with E-state index in [0.717, 1.165) is 23.2 Å². The third kappa shape index (κ3) is 3.51. The van der Waals surface area contributed by atoms with Gasteiger partial charge in [-0.05, 0) is 48.7 Å². The Labute approximate surface area is 118 Å². The van der Waals surface area contributed by atoms with Gasteiger partial charge in [0.2, 0.25) is 0 Å². The average molecular weight is 270 g/mol. The van der Waals surface area contributed by atoms with Gasteiger partial charge in [-0.1, -0.05) is 18.2 Å². The Hall–Kier alpha value is -2.49. The second-order valence-electron chi connectivity index (χ2n) is 4.75. The lowest BCUT2D eigenvalue weighted by Crippen LogP contribution is -2.25. The van der Waals surface area contributed by atoms with Gasteiger partial charge in [-0.3, -0.25) is 4.79 Å². The Morgan fingerprint density at radius 3 is 2.55 bits per heavy atom. The summed E-state index contributed by atoms with van der Waals surface area (Å²) < 4.78 is 0. The first-order chi connectivity index (χ1) is 9.56. The molecule has 0 spiro atoms. The molecule has 0 aliphatic carbocycles. The predicted octanol–water partition coefficient (Wildman–Crippen LogP) is 2.26. The van der Waals surface area contributed by atoms with Crippen LogP contribution in [0, 0.1) is 6.92 Å². The van der Waals surface area contributed by atoms with Crippen LogP contribution in [0.3, 0.4) is 0 Å². The van der Waals surface area contributed by atoms with Crippen molar-refractivity contribution < 1.29 is 9.90 Å². The summed E-state index contributed by atoms with van der Waals surface area (Å²) in [5, 5.41) is 12.4. The molecule has 0 aromatic heterocycles. The van der Waals surface area contributed by atoms with Gasteiger partial charge in [0, 0.05) is 17.8 Å². The molecule has 0 unspecified atom stereocenters. The van der Waals surface area contributed by atoms with Crippen LogP contribution in [0.2, 0.25) is 0 Å². The van der Waals surface area contributed by atoms with E-state index in [0.29, 0.717) is 12.1 Å². The third-order valence-electron chi connectivity index (χ3n) is 3.15. The van der Waals surface area contributed by atoms with E-state index in [9.17, 15) is 9.90 Å². The summed E-state index contributed by atoms with van der Waals surface area (Å²) in [6.45, 7) is 2.33. The quantitative estimate of drug-likeness (QED) is 0.746. The summed E-state index contributed by atoms with van der Waals surface area (Å²) in [7, 11) is 0. The minimum absolute atomic E-state index is 0.135. The average Bonchev–Trinajstić information content (AvgIpc) is 2.44. The molecule has 0 heterocycles. The van der Waals surface area contributed by atoms with Crippen LogP contribution in [0.15, 0.2) is 42.5 Å². The summed E-state index contributed by atoms with van der Waals surface area (Å²) >= 11 is 0. The van der Waals surface area contributed by atoms with E-state index in [1.54, 1.807) is 19.1 Å². The van der Waals surface area contributed by atoms with E-state index in [1.165, 1.54) is 6.07 Å². The lowest BCUT2D eigenvalue weighted by atomic mass is 10.1. The normalized spacial score (nSPS) is 10.2. The summed E-state index contributed by atoms with van der Waals surface area (Å²) in [4.78, 5) is 11.9. The first-order valence-corrected chi connectivity index (χ1v) is 6.48. The Morgan fingerprint density at radius 1 is 1.20 bits per heavy atom. The summed E-state index contributed by atoms with van der Waals surface area (Å²) in [5.74, 6) is -0.0491. The number of phenolic OH excluding ortho intramolecular Hbond substituents is 1. The van der Waals surface area contributed by atoms with Crippen LogP contribution in [-0.2, 0) is 6.42 Å². The van der Waals surface area contributed by atoms with Crippen molar-refractivity contribution in [3.05, 3.63) is 59.2 Å². The van der Waals surface area contributed by atoms with Crippen molar-refractivity contribution in [2.45, 2.75) is 13.3 Å². The van der Waals surface area contributed by atoms with Crippen LogP contribution in [0.4, 0.5) is 5.69 Å². The maximum absolute atomic E-state index is 11.9. The van der Waals surface area contributed by atoms with Crippen LogP contribution in [0.5, 0.6) is 5.75 Å². The van der Waals surface area contributed by atoms with Crippen molar-refractivity contribution >= 4 is 11.6 Å². The van der Waals surface area contributed by atoms with E-state index in [-0.39, 0.29) is 11.7 Å². The van der Waals surface area contributed by atoms with Crippen LogP contribution < -0.4 is 11.1 Å². The number of aromatic hydroxyl groups is 1. The van der Waals surface area contributed by atoms with Crippen molar-refractivity contribution in [1.29, 1.82) is 0 Å². The lowest BCUT2D eigenvalue weighted by molar-refractivity contribution is 0.0953. The standard InChI is InChI=1S/C16H18N2O2/c1-11-2-5-13(10-15(11)19)16(20)18-9-8-12-3-6-14(17)7-4-12/h2-7,10,19H,8-9,17H2,1H3,(H,18,20). The van der Waals surface area contributed by atoms with E-state index in [1.807, 2.05) is 24.3 Å². The largest absolute Gasteiger partial charge is 0.508 e. The SMILES string of the molecule is Cc1ccc(C(=O)NCCc2ccc(N)cc2)cc1O. The van der Waals surface area contributed by atoms with Crippen molar-refractivity contribution in [2.24, 2.45) is 0 Å². The molecule has 2 aromatic rings. The molecule has 2 rings (SSSR count). The summed E-state index contributed by atoms with van der Waals surface area (Å²) in [6.07, 6.45) is 0.740. The number of nitrogens with two attached hydrogens (primary N) is 1. The Morgan fingerprint density at radius 2 is 1.90 bits per heavy atom. The molecule has 0 aliphatic rings. The number of hydrogen-bond donors (Lipinski definition) is 3. The molecule has 4 N–H and O–H groups in total. The fourth-order valence-corrected chi connectivity index (χ4v) is 1.86. The molecule has 20 heavy (non-hydrogen) atoms. The van der Waals surface area contributed by atoms with E-state index in [2.05, 4.69) is 5.32 Å². The zero-order valence-electron chi connectivity index (χ0n) is 11.4. The van der Waals surface area contributed by atoms with Gasteiger partial charge >= 0.3 is 0 Å². The fourth-order valence-electron chi connectivity index (χ4n) is 1.86. The Kier molecular flexibility index (Phi) is 4.25. The first-order valence-electron chi connectivity index (χ1n) is 6.48. The molecular weight excluding hydrogens is 252 g/mol. The highest BCUT2D eigenvalue weighted by atomic mass is 16.3. The molecule has 0 saturated carbocycles. The maximum Gasteiger partial charge on any atom is 0.251 e. The molecule has 0 fully saturated rings. The topological polar surface area (TPSA) is 75.4 Å². The van der Waals surface area contributed by atoms with Crippen molar-refractivity contribution in [1.82, 2.24) is 5.32 Å². The number of aryl methyl sites for hydroxylation is 1. The second kappa shape index (κ2) is 6.10. The monoisotopic (exact) mass is 270 g/mol. The van der Waals surface area contributed by atoms with E-state index >= 15 is 0 Å². The predicted molar refractivity (Wildman–Crippen MR) is 79.7 cm³/mol. The number of amides is 1. The number of anilines is 1. The van der Waals surface area contributed by atoms with Crippen molar-refractivity contribution in [3.8, 4) is 5.75 Å². The third-order valence-corrected chi connectivity index (χ3v) is 3.15. The van der Waals surface area contributed by atoms with Gasteiger partial charge in [-0.15, -0.1) is 0 Å². The number of hydrogen-bond acceptors (Lipinski definition) is 3. The first kappa shape index (κ1) is 13.9. The smallest absolute Gasteiger partial charge is 0.251 e. The highest BCUT2D eigenvalue weighted by molar-refractivity contribution is 5.94. The summed E-state index contributed by atoms with van der Waals surface area (Å²) in [5.41, 5.74) is 8.68. The molecule has 0 atom stereocenters. The molecule has 104 valence electrons. The fraction of sp³-hybridized carbons (Fsp3) is 0.188. The molecule has 0 bridgehead atoms. The van der Waals surface area contributed by atoms with Gasteiger partial charge < -0.3 is 16.2 Å². The molecule has 4 heteroatoms. The molecule has 0 aliphatic heterocycles. The summed E-state index contributed by atoms with van der Waals surface area (Å²) in [6, 6.07) is 12.5. The van der Waals surface area contributed by atoms with Gasteiger partial charge in [0.1, 0.15) is 5.75 Å². The minimum atomic E-state index is -0.184. The molecule has 0 saturated heterocycles. The van der Waals surface area contributed by atoms with Gasteiger partial charge in [0.05, 0.1) is 0 Å². The van der Waals surface area contributed by atoms with Gasteiger partial charge in [-0.2, -0.15) is 0 Å². The maximum atomic E-state index is 11.9. The van der Waals surface area contributed by atoms with Crippen LogP contribution in [0.25, 0.3) is 0 Å². The number of rotatable bonds is 4. The van der Waals surface area contributed by atoms with Crippen LogP contribution in [0.1, 0.15) is 21.5 Å². The Balaban J connectivity index is 1.88. The highest BCUT2D eigenvalue weighted by Crippen LogP contribution is 2.17. The van der Waals surface area contributed by atoms with Crippen LogP contribution in [-0.4, -0.2) is 17.6 Å². The van der Waals surface area contributed by atoms with Gasteiger partial charge in [-0.25, -0.2) is 0 Å². The molecule has 1 amide bonds. The second-order valence-corrected chi connectivity index (χ2v) is 4.75. The lowest BCUT2D eigenvalue weighted by Gasteiger charge is -2.07. The number of carbonyl (C=O) groups excluding carboxylic acids is 1. The minimum Gasteiger partial charge on any atom is -0.508 e. The van der Waals surface area contributed by atoms with E-state index in [4.69, 9.17) is 5.73 Å². The Bertz CT molecular complexity index is 606. The van der Waals surface area contributed by atoms with Gasteiger partial charge in [0.25, 0.3) is 5.91 Å². The molecule has 2 aromatic carbocycles. The van der Waals surface area contributed by atoms with Crippen molar-refractivity contribution in [2.75, 3.05) is 12.3 Å². The zero-order chi connectivity index (χ0) is 14.5. The molecular formula is C16H18N2O2. The number of nitrogens with one attached hydrogen (secondary N) is 1. The van der Waals surface area contributed by atoms with E-state index < -0.39 is 0 Å². The number of benzene rings is 2. The highest BCUT2D eigenvalue weighted by Gasteiger charge is 2.07. The van der Waals surface area contributed by atoms with Crippen LogP contribution >= 0.6 is 0 Å². The van der Waals surface area contributed by atoms with Gasteiger partial charge in [0.15, 0.2) is 0 Å². The zero-order valence-corrected chi connectivity index (χ0v) is 11.4. The molecule has 0 radical (unpaired) electrons. The molecule has 4 nitrogen and oxygen atoms in total.